The highest BCUT2D eigenvalue weighted by Crippen LogP contribution is 2.38. The molecule has 3 rings (SSSR count). The van der Waals surface area contributed by atoms with E-state index in [1.54, 1.807) is 12.1 Å². The van der Waals surface area contributed by atoms with E-state index in [1.807, 2.05) is 26.0 Å². The lowest BCUT2D eigenvalue weighted by atomic mass is 9.96. The van der Waals surface area contributed by atoms with Crippen LogP contribution in [0, 0.1) is 6.92 Å². The Balaban J connectivity index is 2.35. The quantitative estimate of drug-likeness (QED) is 0.700. The highest BCUT2D eigenvalue weighted by molar-refractivity contribution is 5.87. The van der Waals surface area contributed by atoms with Crippen LogP contribution < -0.4 is 0 Å². The maximum absolute atomic E-state index is 13.4. The molecule has 0 unspecified atom stereocenters. The summed E-state index contributed by atoms with van der Waals surface area (Å²) in [5, 5.41) is 10.5. The predicted molar refractivity (Wildman–Crippen MR) is 92.2 cm³/mol. The average molecular weight is 345 g/mol. The van der Waals surface area contributed by atoms with Gasteiger partial charge in [0.05, 0.1) is 23.4 Å². The third-order valence-corrected chi connectivity index (χ3v) is 4.47. The minimum atomic E-state index is -4.49. The number of hydrogen-bond acceptors (Lipinski definition) is 2. The van der Waals surface area contributed by atoms with E-state index in [4.69, 9.17) is 0 Å². The van der Waals surface area contributed by atoms with Gasteiger partial charge in [-0.2, -0.15) is 13.2 Å². The standard InChI is InChI=1S/C20H18F3NO/c1-3-13-8-9-14-10-15(11-25)19(24-18(14)12(13)2)16-6-4-5-7-17(16)20(21,22)23/h4-10,25H,3,11H2,1-2H3. The first-order valence-corrected chi connectivity index (χ1v) is 8.06. The molecule has 1 aromatic heterocycles. The van der Waals surface area contributed by atoms with E-state index < -0.39 is 11.7 Å². The van der Waals surface area contributed by atoms with E-state index in [0.29, 0.717) is 11.1 Å². The summed E-state index contributed by atoms with van der Waals surface area (Å²) < 4.78 is 40.2. The molecule has 2 aromatic carbocycles. The molecule has 0 atom stereocenters. The van der Waals surface area contributed by atoms with Crippen LogP contribution in [-0.4, -0.2) is 10.1 Å². The fourth-order valence-corrected chi connectivity index (χ4v) is 3.14. The van der Waals surface area contributed by atoms with E-state index in [0.717, 1.165) is 29.0 Å². The van der Waals surface area contributed by atoms with Crippen LogP contribution in [0.2, 0.25) is 0 Å². The SMILES string of the molecule is CCc1ccc2cc(CO)c(-c3ccccc3C(F)(F)F)nc2c1C. The van der Waals surface area contributed by atoms with Gasteiger partial charge >= 0.3 is 6.18 Å². The van der Waals surface area contributed by atoms with Gasteiger partial charge in [0.15, 0.2) is 0 Å². The maximum Gasteiger partial charge on any atom is 0.417 e. The van der Waals surface area contributed by atoms with Crippen LogP contribution in [-0.2, 0) is 19.2 Å². The smallest absolute Gasteiger partial charge is 0.392 e. The van der Waals surface area contributed by atoms with Gasteiger partial charge in [0.25, 0.3) is 0 Å². The molecule has 5 heteroatoms. The second kappa shape index (κ2) is 6.48. The van der Waals surface area contributed by atoms with Crippen molar-refractivity contribution in [2.75, 3.05) is 0 Å². The Morgan fingerprint density at radius 2 is 1.76 bits per heavy atom. The average Bonchev–Trinajstić information content (AvgIpc) is 2.60. The van der Waals surface area contributed by atoms with Crippen LogP contribution in [0.15, 0.2) is 42.5 Å². The van der Waals surface area contributed by atoms with Crippen LogP contribution >= 0.6 is 0 Å². The molecule has 0 bridgehead atoms. The van der Waals surface area contributed by atoms with Crippen molar-refractivity contribution in [3.8, 4) is 11.3 Å². The second-order valence-electron chi connectivity index (χ2n) is 5.97. The molecule has 0 spiro atoms. The van der Waals surface area contributed by atoms with Gasteiger partial charge in [-0.15, -0.1) is 0 Å². The third kappa shape index (κ3) is 3.12. The number of aromatic nitrogens is 1. The summed E-state index contributed by atoms with van der Waals surface area (Å²) in [4.78, 5) is 4.54. The molecule has 2 nitrogen and oxygen atoms in total. The third-order valence-electron chi connectivity index (χ3n) is 4.47. The number of hydrogen-bond donors (Lipinski definition) is 1. The molecule has 0 aliphatic carbocycles. The van der Waals surface area contributed by atoms with Gasteiger partial charge < -0.3 is 5.11 Å². The first-order chi connectivity index (χ1) is 11.9. The van der Waals surface area contributed by atoms with Gasteiger partial charge in [-0.1, -0.05) is 37.3 Å². The van der Waals surface area contributed by atoms with Crippen molar-refractivity contribution in [1.82, 2.24) is 4.98 Å². The topological polar surface area (TPSA) is 33.1 Å². The van der Waals surface area contributed by atoms with Gasteiger partial charge in [-0.25, -0.2) is 4.98 Å². The Hall–Kier alpha value is -2.40. The van der Waals surface area contributed by atoms with Gasteiger partial charge in [0, 0.05) is 16.5 Å². The zero-order valence-corrected chi connectivity index (χ0v) is 14.0. The normalized spacial score (nSPS) is 11.9. The molecule has 0 saturated carbocycles. The summed E-state index contributed by atoms with van der Waals surface area (Å²) >= 11 is 0. The van der Waals surface area contributed by atoms with Crippen molar-refractivity contribution >= 4 is 10.9 Å². The van der Waals surface area contributed by atoms with Gasteiger partial charge in [0.1, 0.15) is 0 Å². The van der Waals surface area contributed by atoms with Crippen molar-refractivity contribution in [2.24, 2.45) is 0 Å². The number of halogens is 3. The van der Waals surface area contributed by atoms with E-state index in [2.05, 4.69) is 4.98 Å². The molecular weight excluding hydrogens is 327 g/mol. The number of benzene rings is 2. The minimum Gasteiger partial charge on any atom is -0.392 e. The first-order valence-electron chi connectivity index (χ1n) is 8.06. The molecule has 130 valence electrons. The largest absolute Gasteiger partial charge is 0.417 e. The lowest BCUT2D eigenvalue weighted by Crippen LogP contribution is -2.08. The highest BCUT2D eigenvalue weighted by Gasteiger charge is 2.34. The molecule has 25 heavy (non-hydrogen) atoms. The fourth-order valence-electron chi connectivity index (χ4n) is 3.14. The van der Waals surface area contributed by atoms with Crippen LogP contribution in [0.3, 0.4) is 0 Å². The Labute approximate surface area is 144 Å². The number of alkyl halides is 3. The Morgan fingerprint density at radius 3 is 2.40 bits per heavy atom. The molecule has 0 saturated heterocycles. The molecule has 1 heterocycles. The van der Waals surface area contributed by atoms with Gasteiger partial charge in [-0.3, -0.25) is 0 Å². The van der Waals surface area contributed by atoms with Crippen LogP contribution in [0.1, 0.15) is 29.2 Å². The number of aliphatic hydroxyl groups is 1. The van der Waals surface area contributed by atoms with Crippen molar-refractivity contribution in [3.63, 3.8) is 0 Å². The molecule has 0 aliphatic heterocycles. The minimum absolute atomic E-state index is 0.0118. The molecule has 0 aliphatic rings. The summed E-state index contributed by atoms with van der Waals surface area (Å²) in [5.41, 5.74) is 2.53. The number of pyridine rings is 1. The van der Waals surface area contributed by atoms with E-state index in [1.165, 1.54) is 12.1 Å². The van der Waals surface area contributed by atoms with E-state index in [-0.39, 0.29) is 17.9 Å². The Bertz CT molecular complexity index is 932. The monoisotopic (exact) mass is 345 g/mol. The van der Waals surface area contributed by atoms with Gasteiger partial charge in [-0.05, 0) is 36.6 Å². The molecular formula is C20H18F3NO. The Morgan fingerprint density at radius 1 is 1.04 bits per heavy atom. The lowest BCUT2D eigenvalue weighted by Gasteiger charge is -2.16. The number of aliphatic hydroxyl groups excluding tert-OH is 1. The predicted octanol–water partition coefficient (Wildman–Crippen LogP) is 5.28. The van der Waals surface area contributed by atoms with Crippen molar-refractivity contribution in [3.05, 3.63) is 64.7 Å². The van der Waals surface area contributed by atoms with Crippen LogP contribution in [0.25, 0.3) is 22.2 Å². The first kappa shape index (κ1) is 17.4. The van der Waals surface area contributed by atoms with E-state index in [9.17, 15) is 18.3 Å². The van der Waals surface area contributed by atoms with Crippen LogP contribution in [0.5, 0.6) is 0 Å². The van der Waals surface area contributed by atoms with Crippen LogP contribution in [0.4, 0.5) is 13.2 Å². The summed E-state index contributed by atoms with van der Waals surface area (Å²) in [6, 6.07) is 10.9. The number of aryl methyl sites for hydroxylation is 2. The summed E-state index contributed by atoms with van der Waals surface area (Å²) in [6.07, 6.45) is -3.67. The summed E-state index contributed by atoms with van der Waals surface area (Å²) in [7, 11) is 0. The maximum atomic E-state index is 13.4. The molecule has 3 aromatic rings. The lowest BCUT2D eigenvalue weighted by molar-refractivity contribution is -0.137. The summed E-state index contributed by atoms with van der Waals surface area (Å²) in [6.45, 7) is 3.57. The molecule has 0 radical (unpaired) electrons. The zero-order valence-electron chi connectivity index (χ0n) is 14.0. The van der Waals surface area contributed by atoms with Crippen molar-refractivity contribution in [2.45, 2.75) is 33.1 Å². The second-order valence-corrected chi connectivity index (χ2v) is 5.97. The molecule has 0 fully saturated rings. The zero-order chi connectivity index (χ0) is 18.2. The fraction of sp³-hybridized carbons (Fsp3) is 0.250. The number of fused-ring (bicyclic) bond motifs is 1. The molecule has 0 amide bonds. The van der Waals surface area contributed by atoms with E-state index >= 15 is 0 Å². The Kier molecular flexibility index (Phi) is 4.52. The number of rotatable bonds is 3. The highest BCUT2D eigenvalue weighted by atomic mass is 19.4. The van der Waals surface area contributed by atoms with Crippen molar-refractivity contribution in [1.29, 1.82) is 0 Å². The summed E-state index contributed by atoms with van der Waals surface area (Å²) in [5.74, 6) is 0. The molecule has 1 N–H and O–H groups in total. The number of nitrogens with zero attached hydrogens (tertiary/aromatic N) is 1. The van der Waals surface area contributed by atoms with Gasteiger partial charge in [0.2, 0.25) is 0 Å². The van der Waals surface area contributed by atoms with Crippen molar-refractivity contribution < 1.29 is 18.3 Å².